The number of halogens is 1. The highest BCUT2D eigenvalue weighted by molar-refractivity contribution is 6.32. The lowest BCUT2D eigenvalue weighted by Crippen LogP contribution is -2.23. The van der Waals surface area contributed by atoms with Gasteiger partial charge in [-0.2, -0.15) is 0 Å². The number of hydrogen-bond donors (Lipinski definition) is 1. The van der Waals surface area contributed by atoms with Crippen molar-refractivity contribution in [3.8, 4) is 0 Å². The molecule has 1 aromatic rings. The fraction of sp³-hybridized carbons (Fsp3) is 0.250. The molecule has 7 heteroatoms. The second kappa shape index (κ2) is 4.70. The maximum atomic E-state index is 11.4. The first-order chi connectivity index (χ1) is 7.06. The van der Waals surface area contributed by atoms with Crippen molar-refractivity contribution < 1.29 is 9.72 Å². The van der Waals surface area contributed by atoms with Crippen molar-refractivity contribution in [3.63, 3.8) is 0 Å². The van der Waals surface area contributed by atoms with Gasteiger partial charge in [0, 0.05) is 12.6 Å². The third kappa shape index (κ3) is 2.63. The van der Waals surface area contributed by atoms with Gasteiger partial charge in [-0.25, -0.2) is 4.98 Å². The van der Waals surface area contributed by atoms with Gasteiger partial charge in [0.15, 0.2) is 0 Å². The summed E-state index contributed by atoms with van der Waals surface area (Å²) in [5, 5.41) is 12.9. The van der Waals surface area contributed by atoms with Crippen LogP contribution in [0.3, 0.4) is 0 Å². The first-order valence-electron chi connectivity index (χ1n) is 4.14. The van der Waals surface area contributed by atoms with Crippen LogP contribution in [-0.4, -0.2) is 22.4 Å². The number of rotatable bonds is 3. The van der Waals surface area contributed by atoms with E-state index in [0.717, 1.165) is 12.3 Å². The van der Waals surface area contributed by atoms with Crippen LogP contribution in [0.15, 0.2) is 12.3 Å². The minimum atomic E-state index is -0.633. The summed E-state index contributed by atoms with van der Waals surface area (Å²) in [7, 11) is 0. The average Bonchev–Trinajstić information content (AvgIpc) is 2.18. The fourth-order valence-electron chi connectivity index (χ4n) is 0.952. The molecule has 0 aromatic carbocycles. The zero-order chi connectivity index (χ0) is 11.4. The van der Waals surface area contributed by atoms with E-state index in [0.29, 0.717) is 6.54 Å². The van der Waals surface area contributed by atoms with Crippen LogP contribution < -0.4 is 5.32 Å². The first-order valence-corrected chi connectivity index (χ1v) is 4.52. The molecule has 0 atom stereocenters. The van der Waals surface area contributed by atoms with E-state index in [1.165, 1.54) is 0 Å². The summed E-state index contributed by atoms with van der Waals surface area (Å²) in [6, 6.07) is 1.10. The van der Waals surface area contributed by atoms with Crippen molar-refractivity contribution in [2.45, 2.75) is 6.92 Å². The third-order valence-electron chi connectivity index (χ3n) is 1.62. The molecule has 0 saturated carbocycles. The highest BCUT2D eigenvalue weighted by Gasteiger charge is 2.16. The summed E-state index contributed by atoms with van der Waals surface area (Å²) in [6.07, 6.45) is 1.01. The number of hydrogen-bond acceptors (Lipinski definition) is 4. The van der Waals surface area contributed by atoms with Crippen LogP contribution in [0.5, 0.6) is 0 Å². The van der Waals surface area contributed by atoms with Crippen LogP contribution in [-0.2, 0) is 0 Å². The van der Waals surface area contributed by atoms with Crippen molar-refractivity contribution in [3.05, 3.63) is 33.1 Å². The lowest BCUT2D eigenvalue weighted by molar-refractivity contribution is -0.385. The third-order valence-corrected chi connectivity index (χ3v) is 1.92. The number of aromatic nitrogens is 1. The first kappa shape index (κ1) is 11.4. The Labute approximate surface area is 90.4 Å². The molecular weight excluding hydrogens is 222 g/mol. The van der Waals surface area contributed by atoms with Crippen LogP contribution >= 0.6 is 11.6 Å². The summed E-state index contributed by atoms with van der Waals surface area (Å²) in [5.74, 6) is -0.473. The molecule has 15 heavy (non-hydrogen) atoms. The number of nitro groups is 1. The Morgan fingerprint density at radius 2 is 2.40 bits per heavy atom. The number of nitrogens with zero attached hydrogens (tertiary/aromatic N) is 2. The second-order valence-electron chi connectivity index (χ2n) is 2.65. The molecule has 0 aliphatic heterocycles. The number of carbonyl (C=O) groups is 1. The number of pyridine rings is 1. The average molecular weight is 230 g/mol. The van der Waals surface area contributed by atoms with Gasteiger partial charge in [0.25, 0.3) is 11.6 Å². The molecule has 80 valence electrons. The molecule has 1 amide bonds. The molecule has 6 nitrogen and oxygen atoms in total. The summed E-state index contributed by atoms with van der Waals surface area (Å²) in [5.41, 5.74) is -0.256. The number of nitrogens with one attached hydrogen (secondary N) is 1. The zero-order valence-electron chi connectivity index (χ0n) is 7.86. The molecular formula is C8H8ClN3O3. The van der Waals surface area contributed by atoms with Crippen LogP contribution in [0.4, 0.5) is 5.69 Å². The SMILES string of the molecule is CCNC(=O)c1cc([N+](=O)[O-])cnc1Cl. The molecule has 0 radical (unpaired) electrons. The van der Waals surface area contributed by atoms with Crippen molar-refractivity contribution in [2.75, 3.05) is 6.54 Å². The smallest absolute Gasteiger partial charge is 0.288 e. The van der Waals surface area contributed by atoms with Crippen LogP contribution in [0, 0.1) is 10.1 Å². The van der Waals surface area contributed by atoms with Crippen molar-refractivity contribution >= 4 is 23.2 Å². The molecule has 0 fully saturated rings. The van der Waals surface area contributed by atoms with E-state index in [4.69, 9.17) is 11.6 Å². The summed E-state index contributed by atoms with van der Waals surface area (Å²) >= 11 is 5.64. The van der Waals surface area contributed by atoms with Gasteiger partial charge in [0.1, 0.15) is 11.3 Å². The van der Waals surface area contributed by atoms with E-state index in [9.17, 15) is 14.9 Å². The van der Waals surface area contributed by atoms with Gasteiger partial charge in [-0.1, -0.05) is 11.6 Å². The lowest BCUT2D eigenvalue weighted by atomic mass is 10.2. The molecule has 0 saturated heterocycles. The minimum absolute atomic E-state index is 0.00715. The van der Waals surface area contributed by atoms with E-state index in [1.54, 1.807) is 6.92 Å². The van der Waals surface area contributed by atoms with Crippen LogP contribution in [0.1, 0.15) is 17.3 Å². The normalized spacial score (nSPS) is 9.73. The van der Waals surface area contributed by atoms with E-state index in [-0.39, 0.29) is 16.4 Å². The second-order valence-corrected chi connectivity index (χ2v) is 3.01. The molecule has 0 aliphatic carbocycles. The van der Waals surface area contributed by atoms with Gasteiger partial charge >= 0.3 is 0 Å². The minimum Gasteiger partial charge on any atom is -0.352 e. The Kier molecular flexibility index (Phi) is 3.56. The predicted molar refractivity (Wildman–Crippen MR) is 53.9 cm³/mol. The Hall–Kier alpha value is -1.69. The van der Waals surface area contributed by atoms with Crippen molar-refractivity contribution in [1.29, 1.82) is 0 Å². The number of carbonyl (C=O) groups excluding carboxylic acids is 1. The number of amides is 1. The molecule has 0 bridgehead atoms. The maximum Gasteiger partial charge on any atom is 0.288 e. The monoisotopic (exact) mass is 229 g/mol. The predicted octanol–water partition coefficient (Wildman–Crippen LogP) is 1.39. The van der Waals surface area contributed by atoms with Gasteiger partial charge in [-0.05, 0) is 6.92 Å². The van der Waals surface area contributed by atoms with Crippen LogP contribution in [0.2, 0.25) is 5.15 Å². The van der Waals surface area contributed by atoms with Gasteiger partial charge in [-0.3, -0.25) is 14.9 Å². The fourth-order valence-corrected chi connectivity index (χ4v) is 1.14. The van der Waals surface area contributed by atoms with Gasteiger partial charge < -0.3 is 5.32 Å². The van der Waals surface area contributed by atoms with E-state index < -0.39 is 10.8 Å². The summed E-state index contributed by atoms with van der Waals surface area (Å²) < 4.78 is 0. The zero-order valence-corrected chi connectivity index (χ0v) is 8.61. The summed E-state index contributed by atoms with van der Waals surface area (Å²) in [6.45, 7) is 2.15. The quantitative estimate of drug-likeness (QED) is 0.482. The Bertz CT molecular complexity index is 408. The van der Waals surface area contributed by atoms with E-state index in [2.05, 4.69) is 10.3 Å². The van der Waals surface area contributed by atoms with E-state index >= 15 is 0 Å². The molecule has 1 aromatic heterocycles. The van der Waals surface area contributed by atoms with E-state index in [1.807, 2.05) is 0 Å². The van der Waals surface area contributed by atoms with Crippen molar-refractivity contribution in [1.82, 2.24) is 10.3 Å². The largest absolute Gasteiger partial charge is 0.352 e. The highest BCUT2D eigenvalue weighted by Crippen LogP contribution is 2.18. The van der Waals surface area contributed by atoms with Gasteiger partial charge in [-0.15, -0.1) is 0 Å². The Balaban J connectivity index is 3.10. The van der Waals surface area contributed by atoms with Crippen molar-refractivity contribution in [2.24, 2.45) is 0 Å². The Morgan fingerprint density at radius 3 is 2.93 bits per heavy atom. The standard InChI is InChI=1S/C8H8ClN3O3/c1-2-10-8(13)6-3-5(12(14)15)4-11-7(6)9/h3-4H,2H2,1H3,(H,10,13). The topological polar surface area (TPSA) is 85.1 Å². The molecule has 0 aliphatic rings. The van der Waals surface area contributed by atoms with Crippen LogP contribution in [0.25, 0.3) is 0 Å². The Morgan fingerprint density at radius 1 is 1.73 bits per heavy atom. The van der Waals surface area contributed by atoms with Gasteiger partial charge in [0.2, 0.25) is 0 Å². The summed E-state index contributed by atoms with van der Waals surface area (Å²) in [4.78, 5) is 24.8. The maximum absolute atomic E-state index is 11.4. The molecule has 1 N–H and O–H groups in total. The lowest BCUT2D eigenvalue weighted by Gasteiger charge is -2.02. The molecule has 1 rings (SSSR count). The van der Waals surface area contributed by atoms with Gasteiger partial charge in [0.05, 0.1) is 10.5 Å². The molecule has 0 spiro atoms. The highest BCUT2D eigenvalue weighted by atomic mass is 35.5. The molecule has 0 unspecified atom stereocenters. The molecule has 1 heterocycles.